The van der Waals surface area contributed by atoms with Gasteiger partial charge in [0.05, 0.1) is 5.69 Å². The van der Waals surface area contributed by atoms with E-state index >= 15 is 0 Å². The van der Waals surface area contributed by atoms with Crippen molar-refractivity contribution in [2.75, 3.05) is 30.4 Å². The highest BCUT2D eigenvalue weighted by Crippen LogP contribution is 2.35. The number of aromatic nitrogens is 3. The Morgan fingerprint density at radius 3 is 2.75 bits per heavy atom. The molecular formula is C19H24N6O3. The molecule has 28 heavy (non-hydrogen) atoms. The molecule has 1 aromatic carbocycles. The van der Waals surface area contributed by atoms with E-state index in [2.05, 4.69) is 20.5 Å². The molecule has 1 aromatic heterocycles. The van der Waals surface area contributed by atoms with Gasteiger partial charge in [-0.05, 0) is 44.9 Å². The van der Waals surface area contributed by atoms with Crippen molar-refractivity contribution in [1.29, 1.82) is 0 Å². The first-order valence-corrected chi connectivity index (χ1v) is 9.45. The number of aromatic amines is 1. The Labute approximate surface area is 163 Å². The van der Waals surface area contributed by atoms with Crippen molar-refractivity contribution in [3.05, 3.63) is 29.8 Å². The van der Waals surface area contributed by atoms with Gasteiger partial charge in [-0.3, -0.25) is 9.89 Å². The number of aryl methyl sites for hydroxylation is 1. The number of amides is 3. The van der Waals surface area contributed by atoms with E-state index in [0.29, 0.717) is 30.2 Å². The number of fused-ring (bicyclic) bond motifs is 1. The number of nitrogens with zero attached hydrogens (tertiary/aromatic N) is 4. The summed E-state index contributed by atoms with van der Waals surface area (Å²) in [5.74, 6) is 2.44. The zero-order valence-electron chi connectivity index (χ0n) is 16.2. The molecule has 2 aliphatic rings. The molecule has 0 radical (unpaired) electrons. The minimum absolute atomic E-state index is 0.111. The number of anilines is 2. The first-order valence-electron chi connectivity index (χ1n) is 9.45. The zero-order chi connectivity index (χ0) is 19.8. The number of benzene rings is 1. The van der Waals surface area contributed by atoms with E-state index < -0.39 is 6.10 Å². The maximum Gasteiger partial charge on any atom is 0.321 e. The smallest absolute Gasteiger partial charge is 0.321 e. The molecule has 0 spiro atoms. The molecule has 0 unspecified atom stereocenters. The van der Waals surface area contributed by atoms with E-state index in [9.17, 15) is 9.59 Å². The zero-order valence-corrected chi connectivity index (χ0v) is 16.2. The highest BCUT2D eigenvalue weighted by molar-refractivity contribution is 6.00. The SMILES string of the molecule is Cc1nc(C2CCN(C(=O)Nc3ccc4c(c3)N(C)C(=O)[C@@H](C)O4)CC2)n[nH]1. The molecule has 2 N–H and O–H groups in total. The molecule has 1 saturated heterocycles. The van der Waals surface area contributed by atoms with Gasteiger partial charge in [-0.1, -0.05) is 0 Å². The highest BCUT2D eigenvalue weighted by Gasteiger charge is 2.30. The topological polar surface area (TPSA) is 103 Å². The number of likely N-dealkylation sites (tertiary alicyclic amines) is 1. The number of carbonyl (C=O) groups is 2. The monoisotopic (exact) mass is 384 g/mol. The van der Waals surface area contributed by atoms with Gasteiger partial charge in [0.15, 0.2) is 11.9 Å². The first-order chi connectivity index (χ1) is 13.4. The Morgan fingerprint density at radius 1 is 1.32 bits per heavy atom. The number of nitrogens with one attached hydrogen (secondary N) is 2. The van der Waals surface area contributed by atoms with Crippen LogP contribution in [0.25, 0.3) is 0 Å². The van der Waals surface area contributed by atoms with Crippen LogP contribution in [-0.2, 0) is 4.79 Å². The number of ether oxygens (including phenoxy) is 1. The summed E-state index contributed by atoms with van der Waals surface area (Å²) < 4.78 is 5.62. The summed E-state index contributed by atoms with van der Waals surface area (Å²) in [5.41, 5.74) is 1.29. The van der Waals surface area contributed by atoms with Crippen molar-refractivity contribution in [1.82, 2.24) is 20.1 Å². The molecule has 3 amide bonds. The average Bonchev–Trinajstić information content (AvgIpc) is 3.13. The van der Waals surface area contributed by atoms with E-state index in [1.54, 1.807) is 42.0 Å². The summed E-state index contributed by atoms with van der Waals surface area (Å²) in [6.07, 6.45) is 1.16. The Balaban J connectivity index is 1.39. The van der Waals surface area contributed by atoms with Gasteiger partial charge in [0.1, 0.15) is 11.6 Å². The van der Waals surface area contributed by atoms with Crippen LogP contribution in [0.1, 0.15) is 37.3 Å². The van der Waals surface area contributed by atoms with E-state index in [1.807, 2.05) is 6.92 Å². The maximum absolute atomic E-state index is 12.6. The number of hydrogen-bond acceptors (Lipinski definition) is 5. The summed E-state index contributed by atoms with van der Waals surface area (Å²) in [4.78, 5) is 32.5. The molecule has 3 heterocycles. The minimum Gasteiger partial charge on any atom is -0.479 e. The van der Waals surface area contributed by atoms with E-state index in [-0.39, 0.29) is 17.9 Å². The highest BCUT2D eigenvalue weighted by atomic mass is 16.5. The van der Waals surface area contributed by atoms with Crippen LogP contribution in [0.15, 0.2) is 18.2 Å². The lowest BCUT2D eigenvalue weighted by molar-refractivity contribution is -0.125. The molecule has 4 rings (SSSR count). The summed E-state index contributed by atoms with van der Waals surface area (Å²) in [6, 6.07) is 5.18. The van der Waals surface area contributed by atoms with Crippen LogP contribution in [0, 0.1) is 6.92 Å². The van der Waals surface area contributed by atoms with E-state index in [0.717, 1.165) is 24.5 Å². The predicted octanol–water partition coefficient (Wildman–Crippen LogP) is 2.27. The molecule has 0 aliphatic carbocycles. The lowest BCUT2D eigenvalue weighted by atomic mass is 9.96. The van der Waals surface area contributed by atoms with Crippen LogP contribution >= 0.6 is 0 Å². The summed E-state index contributed by atoms with van der Waals surface area (Å²) in [5, 5.41) is 10.0. The molecular weight excluding hydrogens is 360 g/mol. The van der Waals surface area contributed by atoms with Gasteiger partial charge < -0.3 is 19.9 Å². The van der Waals surface area contributed by atoms with E-state index in [1.165, 1.54) is 0 Å². The Morgan fingerprint density at radius 2 is 2.07 bits per heavy atom. The van der Waals surface area contributed by atoms with Crippen molar-refractivity contribution in [2.45, 2.75) is 38.7 Å². The van der Waals surface area contributed by atoms with Crippen LogP contribution < -0.4 is 15.0 Å². The average molecular weight is 384 g/mol. The fraction of sp³-hybridized carbons (Fsp3) is 0.474. The van der Waals surface area contributed by atoms with Gasteiger partial charge in [0, 0.05) is 31.7 Å². The number of urea groups is 1. The van der Waals surface area contributed by atoms with Crippen LogP contribution in [0.3, 0.4) is 0 Å². The van der Waals surface area contributed by atoms with Crippen LogP contribution in [0.2, 0.25) is 0 Å². The number of H-pyrrole nitrogens is 1. The summed E-state index contributed by atoms with van der Waals surface area (Å²) in [7, 11) is 1.71. The van der Waals surface area contributed by atoms with Gasteiger partial charge in [-0.2, -0.15) is 5.10 Å². The predicted molar refractivity (Wildman–Crippen MR) is 104 cm³/mol. The van der Waals surface area contributed by atoms with Crippen LogP contribution in [0.4, 0.5) is 16.2 Å². The maximum atomic E-state index is 12.6. The molecule has 2 aliphatic heterocycles. The largest absolute Gasteiger partial charge is 0.479 e. The van der Waals surface area contributed by atoms with Crippen LogP contribution in [0.5, 0.6) is 5.75 Å². The fourth-order valence-electron chi connectivity index (χ4n) is 3.68. The molecule has 0 saturated carbocycles. The Bertz CT molecular complexity index is 903. The lowest BCUT2D eigenvalue weighted by Crippen LogP contribution is -2.42. The second kappa shape index (κ2) is 7.14. The third kappa shape index (κ3) is 3.39. The van der Waals surface area contributed by atoms with Crippen molar-refractivity contribution in [3.63, 3.8) is 0 Å². The number of carbonyl (C=O) groups excluding carboxylic acids is 2. The van der Waals surface area contributed by atoms with Crippen molar-refractivity contribution < 1.29 is 14.3 Å². The van der Waals surface area contributed by atoms with Gasteiger partial charge in [-0.15, -0.1) is 0 Å². The van der Waals surface area contributed by atoms with Gasteiger partial charge in [0.2, 0.25) is 0 Å². The molecule has 2 aromatic rings. The number of piperidine rings is 1. The van der Waals surface area contributed by atoms with Crippen molar-refractivity contribution in [2.24, 2.45) is 0 Å². The van der Waals surface area contributed by atoms with Gasteiger partial charge in [0.25, 0.3) is 5.91 Å². The number of hydrogen-bond donors (Lipinski definition) is 2. The third-order valence-electron chi connectivity index (χ3n) is 5.32. The Hall–Kier alpha value is -3.10. The fourth-order valence-corrected chi connectivity index (χ4v) is 3.68. The van der Waals surface area contributed by atoms with Crippen molar-refractivity contribution in [3.8, 4) is 5.75 Å². The van der Waals surface area contributed by atoms with Crippen molar-refractivity contribution >= 4 is 23.3 Å². The van der Waals surface area contributed by atoms with Crippen LogP contribution in [-0.4, -0.2) is 58.3 Å². The van der Waals surface area contributed by atoms with Gasteiger partial charge in [-0.25, -0.2) is 9.78 Å². The minimum atomic E-state index is -0.507. The molecule has 148 valence electrons. The summed E-state index contributed by atoms with van der Waals surface area (Å²) >= 11 is 0. The quantitative estimate of drug-likeness (QED) is 0.827. The molecule has 9 nitrogen and oxygen atoms in total. The molecule has 0 bridgehead atoms. The van der Waals surface area contributed by atoms with E-state index in [4.69, 9.17) is 4.74 Å². The molecule has 1 fully saturated rings. The number of likely N-dealkylation sites (N-methyl/N-ethyl adjacent to an activating group) is 1. The lowest BCUT2D eigenvalue weighted by Gasteiger charge is -2.32. The van der Waals surface area contributed by atoms with Gasteiger partial charge >= 0.3 is 6.03 Å². The first kappa shape index (κ1) is 18.3. The molecule has 1 atom stereocenters. The Kier molecular flexibility index (Phi) is 4.66. The molecule has 9 heteroatoms. The summed E-state index contributed by atoms with van der Waals surface area (Å²) in [6.45, 7) is 4.90. The second-order valence-corrected chi connectivity index (χ2v) is 7.31. The standard InChI is InChI=1S/C19H24N6O3/c1-11-18(26)24(3)15-10-14(4-5-16(15)28-11)21-19(27)25-8-6-13(7-9-25)17-20-12(2)22-23-17/h4-5,10-11,13H,6-9H2,1-3H3,(H,21,27)(H,20,22,23)/t11-/m1/s1. The second-order valence-electron chi connectivity index (χ2n) is 7.31. The normalized spacial score (nSPS) is 20.0. The number of rotatable bonds is 2. The third-order valence-corrected chi connectivity index (χ3v) is 5.32.